The third-order valence-corrected chi connectivity index (χ3v) is 4.64. The minimum Gasteiger partial charge on any atom is -0.332 e. The molecule has 0 aromatic heterocycles. The molecule has 2 N–H and O–H groups in total. The lowest BCUT2D eigenvalue weighted by atomic mass is 10.1. The number of amides is 3. The minimum atomic E-state index is -0.448. The first kappa shape index (κ1) is 18.5. The average molecular weight is 401 g/mol. The van der Waals surface area contributed by atoms with E-state index in [0.29, 0.717) is 16.9 Å². The van der Waals surface area contributed by atoms with Crippen molar-refractivity contribution in [2.24, 2.45) is 0 Å². The van der Waals surface area contributed by atoms with Gasteiger partial charge in [0, 0.05) is 5.56 Å². The molecule has 1 aliphatic heterocycles. The van der Waals surface area contributed by atoms with Crippen LogP contribution in [0.4, 0.5) is 11.4 Å². The summed E-state index contributed by atoms with van der Waals surface area (Å²) in [5.74, 6) is -1.22. The fourth-order valence-electron chi connectivity index (χ4n) is 3.12. The van der Waals surface area contributed by atoms with E-state index in [4.69, 9.17) is 12.2 Å². The first-order valence-corrected chi connectivity index (χ1v) is 9.21. The fourth-order valence-corrected chi connectivity index (χ4v) is 3.32. The normalized spacial score (nSPS) is 12.5. The van der Waals surface area contributed by atoms with Crippen LogP contribution in [0.5, 0.6) is 0 Å². The van der Waals surface area contributed by atoms with Gasteiger partial charge in [-0.2, -0.15) is 0 Å². The zero-order chi connectivity index (χ0) is 20.4. The second-order valence-electron chi connectivity index (χ2n) is 6.28. The number of rotatable bonds is 3. The fraction of sp³-hybridized carbons (Fsp3) is 0. The molecule has 4 rings (SSSR count). The molecule has 29 heavy (non-hydrogen) atoms. The van der Waals surface area contributed by atoms with Crippen LogP contribution in [0.15, 0.2) is 78.9 Å². The first-order valence-electron chi connectivity index (χ1n) is 8.80. The van der Waals surface area contributed by atoms with E-state index in [1.54, 1.807) is 66.7 Å². The Bertz CT molecular complexity index is 1130. The van der Waals surface area contributed by atoms with E-state index in [1.807, 2.05) is 12.1 Å². The molecule has 0 saturated carbocycles. The second-order valence-corrected chi connectivity index (χ2v) is 6.69. The van der Waals surface area contributed by atoms with Gasteiger partial charge in [0.25, 0.3) is 17.7 Å². The lowest BCUT2D eigenvalue weighted by Crippen LogP contribution is -2.34. The minimum absolute atomic E-state index is 0.0330. The van der Waals surface area contributed by atoms with E-state index in [2.05, 4.69) is 10.6 Å². The lowest BCUT2D eigenvalue weighted by molar-refractivity contribution is 0.0924. The topological polar surface area (TPSA) is 78.5 Å². The molecule has 7 heteroatoms. The van der Waals surface area contributed by atoms with Crippen LogP contribution >= 0.6 is 12.2 Å². The molecular weight excluding hydrogens is 386 g/mol. The van der Waals surface area contributed by atoms with E-state index in [9.17, 15) is 14.4 Å². The summed E-state index contributed by atoms with van der Waals surface area (Å²) in [5.41, 5.74) is 1.80. The van der Waals surface area contributed by atoms with Crippen LogP contribution in [0.3, 0.4) is 0 Å². The maximum absolute atomic E-state index is 13.0. The molecule has 1 aliphatic rings. The van der Waals surface area contributed by atoms with E-state index in [-0.39, 0.29) is 22.1 Å². The van der Waals surface area contributed by atoms with Gasteiger partial charge in [0.15, 0.2) is 5.11 Å². The summed E-state index contributed by atoms with van der Waals surface area (Å²) in [6.45, 7) is 0. The molecule has 0 bridgehead atoms. The molecule has 0 unspecified atom stereocenters. The molecule has 3 aromatic rings. The molecular formula is C22H15N3O3S. The van der Waals surface area contributed by atoms with E-state index >= 15 is 0 Å². The van der Waals surface area contributed by atoms with Crippen LogP contribution in [-0.4, -0.2) is 22.8 Å². The van der Waals surface area contributed by atoms with Gasteiger partial charge in [-0.15, -0.1) is 0 Å². The number of hydrogen-bond acceptors (Lipinski definition) is 4. The van der Waals surface area contributed by atoms with E-state index < -0.39 is 11.8 Å². The molecule has 0 atom stereocenters. The number of thiocarbonyl (C=S) groups is 1. The standard InChI is InChI=1S/C22H15N3O3S/c26-19(14-8-3-1-4-9-14)24-22(29)23-17-13-7-12-16-18(17)21(28)25(20(16)27)15-10-5-2-6-11-15/h1-13H,(H2,23,24,26,29). The van der Waals surface area contributed by atoms with Gasteiger partial charge >= 0.3 is 0 Å². The molecule has 1 heterocycles. The summed E-state index contributed by atoms with van der Waals surface area (Å²) in [4.78, 5) is 39.2. The first-order chi connectivity index (χ1) is 14.1. The largest absolute Gasteiger partial charge is 0.332 e. The van der Waals surface area contributed by atoms with Crippen LogP contribution in [0.1, 0.15) is 31.1 Å². The number of nitrogens with one attached hydrogen (secondary N) is 2. The maximum Gasteiger partial charge on any atom is 0.268 e. The number of fused-ring (bicyclic) bond motifs is 1. The highest BCUT2D eigenvalue weighted by molar-refractivity contribution is 7.80. The molecule has 6 nitrogen and oxygen atoms in total. The van der Waals surface area contributed by atoms with Crippen LogP contribution in [0.2, 0.25) is 0 Å². The molecule has 3 amide bonds. The Kier molecular flexibility index (Phi) is 4.88. The predicted molar refractivity (Wildman–Crippen MR) is 114 cm³/mol. The Balaban J connectivity index is 1.58. The zero-order valence-electron chi connectivity index (χ0n) is 15.1. The summed E-state index contributed by atoms with van der Waals surface area (Å²) in [6.07, 6.45) is 0. The van der Waals surface area contributed by atoms with Gasteiger partial charge in [-0.1, -0.05) is 42.5 Å². The number of carbonyl (C=O) groups is 3. The van der Waals surface area contributed by atoms with Gasteiger partial charge in [0.1, 0.15) is 0 Å². The number of carbonyl (C=O) groups excluding carboxylic acids is 3. The quantitative estimate of drug-likeness (QED) is 0.518. The molecule has 0 aliphatic carbocycles. The predicted octanol–water partition coefficient (Wildman–Crippen LogP) is 3.61. The third kappa shape index (κ3) is 3.51. The van der Waals surface area contributed by atoms with Crippen LogP contribution in [0, 0.1) is 0 Å². The number of anilines is 2. The Morgan fingerprint density at radius 3 is 2.14 bits per heavy atom. The molecule has 3 aromatic carbocycles. The van der Waals surface area contributed by atoms with Crippen LogP contribution < -0.4 is 15.5 Å². The number of imide groups is 1. The number of hydrogen-bond donors (Lipinski definition) is 2. The van der Waals surface area contributed by atoms with Crippen molar-refractivity contribution < 1.29 is 14.4 Å². The van der Waals surface area contributed by atoms with Gasteiger partial charge < -0.3 is 5.32 Å². The van der Waals surface area contributed by atoms with Gasteiger partial charge in [-0.25, -0.2) is 4.90 Å². The molecule has 0 spiro atoms. The Morgan fingerprint density at radius 2 is 1.45 bits per heavy atom. The highest BCUT2D eigenvalue weighted by Crippen LogP contribution is 2.32. The summed E-state index contributed by atoms with van der Waals surface area (Å²) < 4.78 is 0. The van der Waals surface area contributed by atoms with Gasteiger partial charge in [-0.05, 0) is 48.6 Å². The SMILES string of the molecule is O=C(NC(=S)Nc1cccc2c1C(=O)N(c1ccccc1)C2=O)c1ccccc1. The van der Waals surface area contributed by atoms with E-state index in [0.717, 1.165) is 4.90 Å². The van der Waals surface area contributed by atoms with Gasteiger partial charge in [-0.3, -0.25) is 19.7 Å². The number of para-hydroxylation sites is 1. The van der Waals surface area contributed by atoms with Crippen molar-refractivity contribution in [3.63, 3.8) is 0 Å². The summed E-state index contributed by atoms with van der Waals surface area (Å²) >= 11 is 5.22. The van der Waals surface area contributed by atoms with Crippen molar-refractivity contribution in [1.29, 1.82) is 0 Å². The van der Waals surface area contributed by atoms with Crippen molar-refractivity contribution in [2.45, 2.75) is 0 Å². The Hall–Kier alpha value is -3.84. The van der Waals surface area contributed by atoms with E-state index in [1.165, 1.54) is 0 Å². The monoisotopic (exact) mass is 401 g/mol. The number of nitrogens with zero attached hydrogens (tertiary/aromatic N) is 1. The van der Waals surface area contributed by atoms with Crippen molar-refractivity contribution in [1.82, 2.24) is 5.32 Å². The summed E-state index contributed by atoms with van der Waals surface area (Å²) in [5, 5.41) is 5.48. The third-order valence-electron chi connectivity index (χ3n) is 4.44. The van der Waals surface area contributed by atoms with Crippen molar-refractivity contribution >= 4 is 46.4 Å². The van der Waals surface area contributed by atoms with Crippen molar-refractivity contribution in [2.75, 3.05) is 10.2 Å². The average Bonchev–Trinajstić information content (AvgIpc) is 3.00. The van der Waals surface area contributed by atoms with Crippen LogP contribution in [0.25, 0.3) is 0 Å². The zero-order valence-corrected chi connectivity index (χ0v) is 15.9. The molecule has 142 valence electrons. The lowest BCUT2D eigenvalue weighted by Gasteiger charge is -2.14. The van der Waals surface area contributed by atoms with Gasteiger partial charge in [0.2, 0.25) is 0 Å². The highest BCUT2D eigenvalue weighted by Gasteiger charge is 2.38. The maximum atomic E-state index is 13.0. The van der Waals surface area contributed by atoms with Gasteiger partial charge in [0.05, 0.1) is 22.5 Å². The number of benzene rings is 3. The molecule has 0 fully saturated rings. The second kappa shape index (κ2) is 7.65. The highest BCUT2D eigenvalue weighted by atomic mass is 32.1. The van der Waals surface area contributed by atoms with Crippen LogP contribution in [-0.2, 0) is 0 Å². The molecule has 0 saturated heterocycles. The summed E-state index contributed by atoms with van der Waals surface area (Å²) in [7, 11) is 0. The Labute approximate surface area is 172 Å². The van der Waals surface area contributed by atoms with Crippen molar-refractivity contribution in [3.05, 3.63) is 95.6 Å². The smallest absolute Gasteiger partial charge is 0.268 e. The van der Waals surface area contributed by atoms with Crippen molar-refractivity contribution in [3.8, 4) is 0 Å². The molecule has 0 radical (unpaired) electrons. The summed E-state index contributed by atoms with van der Waals surface area (Å²) in [6, 6.07) is 22.2. The Morgan fingerprint density at radius 1 is 0.793 bits per heavy atom.